The Kier molecular flexibility index (Phi) is 6.75. The average Bonchev–Trinajstić information content (AvgIpc) is 2.62. The van der Waals surface area contributed by atoms with Crippen LogP contribution in [0.4, 0.5) is 0 Å². The number of sulfonamides is 1. The van der Waals surface area contributed by atoms with Gasteiger partial charge >= 0.3 is 0 Å². The van der Waals surface area contributed by atoms with Gasteiger partial charge in [-0.15, -0.1) is 0 Å². The summed E-state index contributed by atoms with van der Waals surface area (Å²) >= 11 is 5.83. The van der Waals surface area contributed by atoms with Crippen molar-refractivity contribution in [3.8, 4) is 6.07 Å². The molecule has 2 atom stereocenters. The maximum atomic E-state index is 13.1. The summed E-state index contributed by atoms with van der Waals surface area (Å²) in [6, 6.07) is 13.1. The van der Waals surface area contributed by atoms with Gasteiger partial charge in [0.15, 0.2) is 0 Å². The third kappa shape index (κ3) is 4.61. The number of benzene rings is 2. The van der Waals surface area contributed by atoms with E-state index in [1.807, 2.05) is 6.07 Å². The highest BCUT2D eigenvalue weighted by Gasteiger charge is 2.34. The van der Waals surface area contributed by atoms with Crippen LogP contribution in [0.2, 0.25) is 5.02 Å². The Bertz CT molecular complexity index is 875. The molecule has 0 unspecified atom stereocenters. The number of hydrogen-bond acceptors (Lipinski definition) is 5. The molecule has 26 heavy (non-hydrogen) atoms. The molecule has 8 heteroatoms. The minimum Gasteiger partial charge on any atom is -0.395 e. The van der Waals surface area contributed by atoms with Gasteiger partial charge in [-0.2, -0.15) is 9.57 Å². The minimum absolute atomic E-state index is 0.00893. The van der Waals surface area contributed by atoms with Gasteiger partial charge in [0.1, 0.15) is 0 Å². The normalized spacial score (nSPS) is 14.0. The highest BCUT2D eigenvalue weighted by atomic mass is 35.5. The fraction of sp³-hybridized carbons (Fsp3) is 0.278. The first-order valence-corrected chi connectivity index (χ1v) is 9.66. The van der Waals surface area contributed by atoms with E-state index in [-0.39, 0.29) is 11.4 Å². The van der Waals surface area contributed by atoms with E-state index >= 15 is 0 Å². The molecule has 0 saturated heterocycles. The summed E-state index contributed by atoms with van der Waals surface area (Å²) in [6.45, 7) is 0.817. The van der Waals surface area contributed by atoms with Crippen LogP contribution in [0.15, 0.2) is 53.4 Å². The Morgan fingerprint density at radius 1 is 1.15 bits per heavy atom. The molecule has 138 valence electrons. The quantitative estimate of drug-likeness (QED) is 0.749. The van der Waals surface area contributed by atoms with Crippen LogP contribution >= 0.6 is 11.6 Å². The predicted octanol–water partition coefficient (Wildman–Crippen LogP) is 2.14. The zero-order valence-electron chi connectivity index (χ0n) is 14.1. The predicted molar refractivity (Wildman–Crippen MR) is 97.9 cm³/mol. The summed E-state index contributed by atoms with van der Waals surface area (Å²) in [6.07, 6.45) is -1.08. The second-order valence-corrected chi connectivity index (χ2v) is 8.13. The largest absolute Gasteiger partial charge is 0.395 e. The highest BCUT2D eigenvalue weighted by molar-refractivity contribution is 7.89. The maximum Gasteiger partial charge on any atom is 0.243 e. The van der Waals surface area contributed by atoms with Gasteiger partial charge in [-0.3, -0.25) is 0 Å². The molecule has 6 nitrogen and oxygen atoms in total. The lowest BCUT2D eigenvalue weighted by molar-refractivity contribution is 0.0616. The van der Waals surface area contributed by atoms with Crippen LogP contribution in [0.3, 0.4) is 0 Å². The monoisotopic (exact) mass is 394 g/mol. The van der Waals surface area contributed by atoms with Crippen molar-refractivity contribution in [3.05, 3.63) is 64.7 Å². The lowest BCUT2D eigenvalue weighted by Gasteiger charge is -2.31. The van der Waals surface area contributed by atoms with Crippen LogP contribution in [0.1, 0.15) is 18.1 Å². The standard InChI is InChI=1S/C18H19ClN2O4S/c1-13(23)18(12-22)21(11-15-4-2-14(10-20)3-5-15)26(24,25)17-8-6-16(19)7-9-17/h2-9,13,18,22-23H,11-12H2,1H3/t13-,18-/m0/s1. The van der Waals surface area contributed by atoms with Gasteiger partial charge in [-0.1, -0.05) is 23.7 Å². The lowest BCUT2D eigenvalue weighted by Crippen LogP contribution is -2.47. The number of nitriles is 1. The molecule has 0 amide bonds. The van der Waals surface area contributed by atoms with E-state index in [2.05, 4.69) is 0 Å². The molecule has 0 aliphatic rings. The van der Waals surface area contributed by atoms with Crippen LogP contribution in [-0.2, 0) is 16.6 Å². The van der Waals surface area contributed by atoms with E-state index in [1.54, 1.807) is 24.3 Å². The van der Waals surface area contributed by atoms with Gasteiger partial charge in [0, 0.05) is 11.6 Å². The topological polar surface area (TPSA) is 102 Å². The number of rotatable bonds is 7. The molecule has 0 aliphatic heterocycles. The zero-order chi connectivity index (χ0) is 19.3. The average molecular weight is 395 g/mol. The summed E-state index contributed by atoms with van der Waals surface area (Å²) in [5.74, 6) is 0. The van der Waals surface area contributed by atoms with Crippen molar-refractivity contribution in [2.45, 2.75) is 30.5 Å². The summed E-state index contributed by atoms with van der Waals surface area (Å²) in [5.41, 5.74) is 1.08. The fourth-order valence-electron chi connectivity index (χ4n) is 2.47. The molecular formula is C18H19ClN2O4S. The first-order valence-electron chi connectivity index (χ1n) is 7.85. The molecule has 0 saturated carbocycles. The molecule has 2 aromatic carbocycles. The van der Waals surface area contributed by atoms with Crippen molar-refractivity contribution in [1.29, 1.82) is 5.26 Å². The van der Waals surface area contributed by atoms with Gasteiger partial charge in [0.05, 0.1) is 35.3 Å². The van der Waals surface area contributed by atoms with Crippen LogP contribution in [0, 0.1) is 11.3 Å². The molecule has 0 spiro atoms. The molecule has 0 aromatic heterocycles. The van der Waals surface area contributed by atoms with Gasteiger partial charge in [0.25, 0.3) is 0 Å². The summed E-state index contributed by atoms with van der Waals surface area (Å²) in [7, 11) is -4.00. The van der Waals surface area contributed by atoms with Crippen LogP contribution in [-0.4, -0.2) is 41.7 Å². The lowest BCUT2D eigenvalue weighted by atomic mass is 10.1. The Morgan fingerprint density at radius 2 is 1.73 bits per heavy atom. The molecule has 0 radical (unpaired) electrons. The third-order valence-corrected chi connectivity index (χ3v) is 6.09. The number of hydrogen-bond donors (Lipinski definition) is 2. The van der Waals surface area contributed by atoms with E-state index < -0.39 is 28.8 Å². The summed E-state index contributed by atoms with van der Waals surface area (Å²) in [5, 5.41) is 28.9. The van der Waals surface area contributed by atoms with Crippen molar-refractivity contribution in [3.63, 3.8) is 0 Å². The molecule has 0 aliphatic carbocycles. The van der Waals surface area contributed by atoms with E-state index in [1.165, 1.54) is 31.2 Å². The molecule has 2 aromatic rings. The van der Waals surface area contributed by atoms with Crippen molar-refractivity contribution in [2.24, 2.45) is 0 Å². The first kappa shape index (κ1) is 20.4. The zero-order valence-corrected chi connectivity index (χ0v) is 15.7. The van der Waals surface area contributed by atoms with E-state index in [0.717, 1.165) is 4.31 Å². The van der Waals surface area contributed by atoms with Gasteiger partial charge < -0.3 is 10.2 Å². The molecule has 0 bridgehead atoms. The first-order chi connectivity index (χ1) is 12.3. The Hall–Kier alpha value is -1.95. The van der Waals surface area contributed by atoms with Crippen LogP contribution < -0.4 is 0 Å². The Balaban J connectivity index is 2.45. The van der Waals surface area contributed by atoms with E-state index in [9.17, 15) is 18.6 Å². The second-order valence-electron chi connectivity index (χ2n) is 5.80. The van der Waals surface area contributed by atoms with E-state index in [4.69, 9.17) is 16.9 Å². The smallest absolute Gasteiger partial charge is 0.243 e. The van der Waals surface area contributed by atoms with Crippen molar-refractivity contribution >= 4 is 21.6 Å². The third-order valence-electron chi connectivity index (χ3n) is 3.96. The van der Waals surface area contributed by atoms with E-state index in [0.29, 0.717) is 16.1 Å². The van der Waals surface area contributed by atoms with Gasteiger partial charge in [0.2, 0.25) is 10.0 Å². The van der Waals surface area contributed by atoms with Crippen molar-refractivity contribution in [1.82, 2.24) is 4.31 Å². The number of aliphatic hydroxyl groups excluding tert-OH is 2. The van der Waals surface area contributed by atoms with Crippen LogP contribution in [0.5, 0.6) is 0 Å². The number of halogens is 1. The summed E-state index contributed by atoms with van der Waals surface area (Å²) in [4.78, 5) is 0.00893. The van der Waals surface area contributed by atoms with Crippen molar-refractivity contribution < 1.29 is 18.6 Å². The van der Waals surface area contributed by atoms with Crippen molar-refractivity contribution in [2.75, 3.05) is 6.61 Å². The fourth-order valence-corrected chi connectivity index (χ4v) is 4.27. The van der Waals surface area contributed by atoms with Gasteiger partial charge in [-0.25, -0.2) is 8.42 Å². The molecule has 2 N–H and O–H groups in total. The maximum absolute atomic E-state index is 13.1. The summed E-state index contributed by atoms with van der Waals surface area (Å²) < 4.78 is 27.2. The second kappa shape index (κ2) is 8.62. The number of aliphatic hydroxyl groups is 2. The molecule has 0 heterocycles. The van der Waals surface area contributed by atoms with Crippen LogP contribution in [0.25, 0.3) is 0 Å². The SMILES string of the molecule is C[C@H](O)[C@H](CO)N(Cc1ccc(C#N)cc1)S(=O)(=O)c1ccc(Cl)cc1. The Labute approximate surface area is 157 Å². The van der Waals surface area contributed by atoms with Gasteiger partial charge in [-0.05, 0) is 48.9 Å². The number of nitrogens with zero attached hydrogens (tertiary/aromatic N) is 2. The highest BCUT2D eigenvalue weighted by Crippen LogP contribution is 2.24. The molecule has 0 fully saturated rings. The Morgan fingerprint density at radius 3 is 2.19 bits per heavy atom. The molecular weight excluding hydrogens is 376 g/mol. The minimum atomic E-state index is -4.00. The molecule has 2 rings (SSSR count).